The number of nitrogens with one attached hydrogen (secondary N) is 1. The van der Waals surface area contributed by atoms with E-state index in [2.05, 4.69) is 5.32 Å². The van der Waals surface area contributed by atoms with E-state index < -0.39 is 40.2 Å². The summed E-state index contributed by atoms with van der Waals surface area (Å²) in [6.07, 6.45) is 1.63. The lowest BCUT2D eigenvalue weighted by molar-refractivity contribution is -0.139. The fourth-order valence-electron chi connectivity index (χ4n) is 4.13. The van der Waals surface area contributed by atoms with Gasteiger partial charge in [0.15, 0.2) is 0 Å². The number of carbonyl (C=O) groups is 2. The predicted octanol–water partition coefficient (Wildman–Crippen LogP) is 5.62. The van der Waals surface area contributed by atoms with Gasteiger partial charge in [-0.15, -0.1) is 0 Å². The number of carbonyl (C=O) groups excluding carboxylic acids is 2. The zero-order chi connectivity index (χ0) is 29.4. The standard InChI is InChI=1S/C30H35ClFN3O4S/c1-5-6-17-33-30(37)23(4)34(19-24-9-7-8-10-27(24)32)29(36)20-35(28-18-25(31)14-13-22(28)3)40(38,39)26-15-11-21(2)12-16-26/h7-16,18,23H,5-6,17,19-20H2,1-4H3,(H,33,37)/t23-/m0/s1. The van der Waals surface area contributed by atoms with Crippen molar-refractivity contribution in [2.45, 2.75) is 58.0 Å². The maximum Gasteiger partial charge on any atom is 0.264 e. The van der Waals surface area contributed by atoms with Gasteiger partial charge in [0.2, 0.25) is 11.8 Å². The van der Waals surface area contributed by atoms with Crippen molar-refractivity contribution in [3.63, 3.8) is 0 Å². The summed E-state index contributed by atoms with van der Waals surface area (Å²) in [5, 5.41) is 3.10. The first-order valence-corrected chi connectivity index (χ1v) is 14.9. The van der Waals surface area contributed by atoms with Gasteiger partial charge in [0, 0.05) is 23.7 Å². The molecular formula is C30H35ClFN3O4S. The van der Waals surface area contributed by atoms with E-state index in [0.717, 1.165) is 22.7 Å². The molecule has 0 fully saturated rings. The van der Waals surface area contributed by atoms with Crippen molar-refractivity contribution in [2.75, 3.05) is 17.4 Å². The van der Waals surface area contributed by atoms with Crippen LogP contribution in [0.4, 0.5) is 10.1 Å². The molecule has 0 aliphatic carbocycles. The van der Waals surface area contributed by atoms with Gasteiger partial charge in [-0.05, 0) is 63.1 Å². The molecule has 0 aliphatic rings. The Labute approximate surface area is 241 Å². The fraction of sp³-hybridized carbons (Fsp3) is 0.333. The van der Waals surface area contributed by atoms with Crippen LogP contribution in [0.15, 0.2) is 71.6 Å². The summed E-state index contributed by atoms with van der Waals surface area (Å²) in [5.74, 6) is -1.62. The van der Waals surface area contributed by atoms with Gasteiger partial charge >= 0.3 is 0 Å². The minimum absolute atomic E-state index is 0.00344. The van der Waals surface area contributed by atoms with Crippen LogP contribution in [0.3, 0.4) is 0 Å². The van der Waals surface area contributed by atoms with Crippen molar-refractivity contribution in [2.24, 2.45) is 0 Å². The van der Waals surface area contributed by atoms with Crippen LogP contribution in [0.2, 0.25) is 5.02 Å². The largest absolute Gasteiger partial charge is 0.354 e. The van der Waals surface area contributed by atoms with Crippen LogP contribution in [0.25, 0.3) is 0 Å². The molecule has 1 N–H and O–H groups in total. The molecule has 7 nitrogen and oxygen atoms in total. The Kier molecular flexibility index (Phi) is 10.7. The van der Waals surface area contributed by atoms with Crippen molar-refractivity contribution < 1.29 is 22.4 Å². The molecule has 0 saturated carbocycles. The van der Waals surface area contributed by atoms with Crippen molar-refractivity contribution >= 4 is 39.1 Å². The summed E-state index contributed by atoms with van der Waals surface area (Å²) in [7, 11) is -4.23. The molecule has 0 unspecified atom stereocenters. The maximum atomic E-state index is 14.6. The summed E-state index contributed by atoms with van der Waals surface area (Å²) in [5.41, 5.74) is 1.89. The molecule has 0 radical (unpaired) electrons. The molecule has 0 bridgehead atoms. The first-order chi connectivity index (χ1) is 18.9. The van der Waals surface area contributed by atoms with Crippen molar-refractivity contribution in [1.82, 2.24) is 10.2 Å². The Morgan fingerprint density at radius 1 is 1.02 bits per heavy atom. The number of amides is 2. The topological polar surface area (TPSA) is 86.8 Å². The zero-order valence-corrected chi connectivity index (χ0v) is 24.7. The first kappa shape index (κ1) is 31.1. The highest BCUT2D eigenvalue weighted by atomic mass is 35.5. The van der Waals surface area contributed by atoms with E-state index in [-0.39, 0.29) is 22.7 Å². The van der Waals surface area contributed by atoms with Crippen molar-refractivity contribution in [1.29, 1.82) is 0 Å². The van der Waals surface area contributed by atoms with Crippen LogP contribution >= 0.6 is 11.6 Å². The van der Waals surface area contributed by atoms with Crippen LogP contribution in [0, 0.1) is 19.7 Å². The van der Waals surface area contributed by atoms with Crippen LogP contribution in [-0.2, 0) is 26.2 Å². The summed E-state index contributed by atoms with van der Waals surface area (Å²) in [4.78, 5) is 28.1. The summed E-state index contributed by atoms with van der Waals surface area (Å²) in [6.45, 7) is 6.67. The van der Waals surface area contributed by atoms with Gasteiger partial charge in [0.1, 0.15) is 18.4 Å². The monoisotopic (exact) mass is 587 g/mol. The molecule has 0 heterocycles. The molecule has 3 aromatic rings. The van der Waals surface area contributed by atoms with E-state index in [9.17, 15) is 22.4 Å². The Morgan fingerprint density at radius 3 is 2.35 bits per heavy atom. The average molecular weight is 588 g/mol. The number of halogens is 2. The van der Waals surface area contributed by atoms with Crippen LogP contribution < -0.4 is 9.62 Å². The van der Waals surface area contributed by atoms with Gasteiger partial charge in [0.25, 0.3) is 10.0 Å². The Hall–Kier alpha value is -3.43. The highest BCUT2D eigenvalue weighted by Crippen LogP contribution is 2.30. The number of hydrogen-bond acceptors (Lipinski definition) is 4. The molecule has 3 rings (SSSR count). The second-order valence-corrected chi connectivity index (χ2v) is 12.0. The van der Waals surface area contributed by atoms with Gasteiger partial charge in [-0.1, -0.05) is 66.9 Å². The number of hydrogen-bond donors (Lipinski definition) is 1. The summed E-state index contributed by atoms with van der Waals surface area (Å²) in [6, 6.07) is 16.0. The lowest BCUT2D eigenvalue weighted by Gasteiger charge is -2.32. The van der Waals surface area contributed by atoms with E-state index in [1.807, 2.05) is 13.8 Å². The lowest BCUT2D eigenvalue weighted by atomic mass is 10.1. The average Bonchev–Trinajstić information content (AvgIpc) is 2.92. The molecule has 10 heteroatoms. The van der Waals surface area contributed by atoms with Gasteiger partial charge in [-0.3, -0.25) is 13.9 Å². The Morgan fingerprint density at radius 2 is 1.70 bits per heavy atom. The van der Waals surface area contributed by atoms with Crippen molar-refractivity contribution in [3.05, 3.63) is 94.3 Å². The second-order valence-electron chi connectivity index (χ2n) is 9.69. The molecular weight excluding hydrogens is 553 g/mol. The molecule has 0 aliphatic heterocycles. The molecule has 1 atom stereocenters. The molecule has 0 saturated heterocycles. The highest BCUT2D eigenvalue weighted by Gasteiger charge is 2.33. The number of anilines is 1. The molecule has 2 amide bonds. The smallest absolute Gasteiger partial charge is 0.264 e. The Balaban J connectivity index is 2.05. The van der Waals surface area contributed by atoms with Gasteiger partial charge in [-0.25, -0.2) is 12.8 Å². The molecule has 3 aromatic carbocycles. The van der Waals surface area contributed by atoms with Gasteiger partial charge in [0.05, 0.1) is 10.6 Å². The number of sulfonamides is 1. The Bertz CT molecular complexity index is 1450. The summed E-state index contributed by atoms with van der Waals surface area (Å²) < 4.78 is 43.5. The van der Waals surface area contributed by atoms with E-state index >= 15 is 0 Å². The van der Waals surface area contributed by atoms with E-state index in [4.69, 9.17) is 11.6 Å². The van der Waals surface area contributed by atoms with Crippen LogP contribution in [-0.4, -0.2) is 44.3 Å². The third kappa shape index (κ3) is 7.61. The number of rotatable bonds is 12. The third-order valence-corrected chi connectivity index (χ3v) is 8.63. The summed E-state index contributed by atoms with van der Waals surface area (Å²) >= 11 is 6.24. The fourth-order valence-corrected chi connectivity index (χ4v) is 5.77. The van der Waals surface area contributed by atoms with Crippen LogP contribution in [0.1, 0.15) is 43.4 Å². The van der Waals surface area contributed by atoms with E-state index in [0.29, 0.717) is 17.1 Å². The maximum absolute atomic E-state index is 14.6. The van der Waals surface area contributed by atoms with E-state index in [1.54, 1.807) is 44.2 Å². The van der Waals surface area contributed by atoms with Gasteiger partial charge < -0.3 is 10.2 Å². The molecule has 214 valence electrons. The molecule has 0 aromatic heterocycles. The SMILES string of the molecule is CCCCNC(=O)[C@H](C)N(Cc1ccccc1F)C(=O)CN(c1cc(Cl)ccc1C)S(=O)(=O)c1ccc(C)cc1. The molecule has 0 spiro atoms. The number of nitrogens with zero attached hydrogens (tertiary/aromatic N) is 2. The lowest BCUT2D eigenvalue weighted by Crippen LogP contribution is -2.51. The minimum Gasteiger partial charge on any atom is -0.354 e. The first-order valence-electron chi connectivity index (χ1n) is 13.1. The quantitative estimate of drug-likeness (QED) is 0.279. The third-order valence-electron chi connectivity index (χ3n) is 6.62. The van der Waals surface area contributed by atoms with E-state index in [1.165, 1.54) is 41.3 Å². The molecule has 40 heavy (non-hydrogen) atoms. The number of unbranched alkanes of at least 4 members (excludes halogenated alkanes) is 1. The highest BCUT2D eigenvalue weighted by molar-refractivity contribution is 7.92. The number of benzene rings is 3. The zero-order valence-electron chi connectivity index (χ0n) is 23.2. The predicted molar refractivity (Wildman–Crippen MR) is 156 cm³/mol. The number of aryl methyl sites for hydroxylation is 2. The van der Waals surface area contributed by atoms with Crippen molar-refractivity contribution in [3.8, 4) is 0 Å². The van der Waals surface area contributed by atoms with Gasteiger partial charge in [-0.2, -0.15) is 0 Å². The normalized spacial score (nSPS) is 12.1. The second kappa shape index (κ2) is 13.8. The van der Waals surface area contributed by atoms with Crippen LogP contribution in [0.5, 0.6) is 0 Å². The minimum atomic E-state index is -4.23.